The molecule has 6 nitrogen and oxygen atoms in total. The molecule has 0 aromatic heterocycles. The fourth-order valence-corrected chi connectivity index (χ4v) is 2.15. The maximum atomic E-state index is 8.50. The summed E-state index contributed by atoms with van der Waals surface area (Å²) in [5.41, 5.74) is 0. The molecule has 2 N–H and O–H groups in total. The molecule has 0 fully saturated rings. The monoisotopic (exact) mass is 380 g/mol. The predicted molar refractivity (Wildman–Crippen MR) is 106 cm³/mol. The van der Waals surface area contributed by atoms with Gasteiger partial charge in [0.25, 0.3) is 0 Å². The second kappa shape index (κ2) is 29.5. The van der Waals surface area contributed by atoms with E-state index in [2.05, 4.69) is 6.92 Å². The quantitative estimate of drug-likeness (QED) is 0.316. The summed E-state index contributed by atoms with van der Waals surface area (Å²) in [6.45, 7) is 9.15. The molecule has 6 heteroatoms. The number of hydrogen-bond acceptors (Lipinski definition) is 6. The first-order valence-corrected chi connectivity index (χ1v) is 10.4. The standard InChI is InChI=1S/C16H34O4.C4H10O2/c1-2-3-4-5-6-7-8-9-11-18-13-15-20-16-14-19-12-10-17;1-2-6-4-3-5/h17H,2-16H2,1H3;5H,2-4H2,1H3. The predicted octanol–water partition coefficient (Wildman–Crippen LogP) is 3.18. The molecule has 0 aromatic rings. The van der Waals surface area contributed by atoms with Crippen LogP contribution in [0.15, 0.2) is 0 Å². The van der Waals surface area contributed by atoms with Crippen molar-refractivity contribution in [1.82, 2.24) is 0 Å². The summed E-state index contributed by atoms with van der Waals surface area (Å²) in [4.78, 5) is 0. The van der Waals surface area contributed by atoms with Gasteiger partial charge >= 0.3 is 0 Å². The summed E-state index contributed by atoms with van der Waals surface area (Å²) < 4.78 is 20.6. The van der Waals surface area contributed by atoms with Crippen LogP contribution in [-0.2, 0) is 18.9 Å². The normalized spacial score (nSPS) is 10.6. The Morgan fingerprint density at radius 3 is 1.35 bits per heavy atom. The van der Waals surface area contributed by atoms with E-state index >= 15 is 0 Å². The zero-order valence-electron chi connectivity index (χ0n) is 17.3. The summed E-state index contributed by atoms with van der Waals surface area (Å²) in [7, 11) is 0. The number of rotatable bonds is 20. The first-order valence-electron chi connectivity index (χ1n) is 10.4. The van der Waals surface area contributed by atoms with Crippen LogP contribution in [0.2, 0.25) is 0 Å². The Balaban J connectivity index is 0. The van der Waals surface area contributed by atoms with Gasteiger partial charge in [0.05, 0.1) is 52.9 Å². The molecule has 0 rings (SSSR count). The van der Waals surface area contributed by atoms with Gasteiger partial charge in [-0.25, -0.2) is 0 Å². The summed E-state index contributed by atoms with van der Waals surface area (Å²) in [6.07, 6.45) is 10.6. The third-order valence-corrected chi connectivity index (χ3v) is 3.56. The van der Waals surface area contributed by atoms with Crippen molar-refractivity contribution in [3.8, 4) is 0 Å². The molecular weight excluding hydrogens is 336 g/mol. The van der Waals surface area contributed by atoms with Gasteiger partial charge in [0.15, 0.2) is 0 Å². The van der Waals surface area contributed by atoms with Crippen LogP contribution >= 0.6 is 0 Å². The highest BCUT2D eigenvalue weighted by Crippen LogP contribution is 2.08. The molecule has 26 heavy (non-hydrogen) atoms. The Morgan fingerprint density at radius 2 is 0.885 bits per heavy atom. The average Bonchev–Trinajstić information content (AvgIpc) is 2.66. The van der Waals surface area contributed by atoms with Crippen molar-refractivity contribution in [3.05, 3.63) is 0 Å². The summed E-state index contributed by atoms with van der Waals surface area (Å²) in [5.74, 6) is 0. The topological polar surface area (TPSA) is 77.4 Å². The lowest BCUT2D eigenvalue weighted by atomic mass is 10.1. The molecule has 160 valence electrons. The van der Waals surface area contributed by atoms with Gasteiger partial charge in [-0.2, -0.15) is 0 Å². The lowest BCUT2D eigenvalue weighted by Gasteiger charge is -2.06. The summed E-state index contributed by atoms with van der Waals surface area (Å²) in [6, 6.07) is 0. The van der Waals surface area contributed by atoms with E-state index in [0.29, 0.717) is 46.2 Å². The molecule has 0 aliphatic rings. The Bertz CT molecular complexity index is 194. The second-order valence-electron chi connectivity index (χ2n) is 5.96. The first-order chi connectivity index (χ1) is 12.8. The smallest absolute Gasteiger partial charge is 0.0701 e. The lowest BCUT2D eigenvalue weighted by molar-refractivity contribution is 0.00719. The van der Waals surface area contributed by atoms with E-state index in [1.807, 2.05) is 6.92 Å². The molecule has 0 amide bonds. The Kier molecular flexibility index (Phi) is 31.8. The Hall–Kier alpha value is -0.240. The van der Waals surface area contributed by atoms with Crippen LogP contribution in [0.25, 0.3) is 0 Å². The largest absolute Gasteiger partial charge is 0.394 e. The summed E-state index contributed by atoms with van der Waals surface area (Å²) >= 11 is 0. The van der Waals surface area contributed by atoms with Gasteiger partial charge < -0.3 is 29.2 Å². The molecule has 0 unspecified atom stereocenters. The van der Waals surface area contributed by atoms with Crippen LogP contribution in [0.3, 0.4) is 0 Å². The molecule has 0 atom stereocenters. The molecular formula is C20H44O6. The summed E-state index contributed by atoms with van der Waals surface area (Å²) in [5, 5.41) is 16.6. The average molecular weight is 381 g/mol. The third kappa shape index (κ3) is 31.5. The van der Waals surface area contributed by atoms with E-state index < -0.39 is 0 Å². The van der Waals surface area contributed by atoms with Crippen LogP contribution in [0.4, 0.5) is 0 Å². The minimum absolute atomic E-state index is 0.0711. The van der Waals surface area contributed by atoms with Crippen LogP contribution in [0, 0.1) is 0 Å². The third-order valence-electron chi connectivity index (χ3n) is 3.56. The highest BCUT2D eigenvalue weighted by atomic mass is 16.5. The van der Waals surface area contributed by atoms with E-state index in [4.69, 9.17) is 29.2 Å². The van der Waals surface area contributed by atoms with E-state index in [0.717, 1.165) is 13.0 Å². The van der Waals surface area contributed by atoms with Crippen molar-refractivity contribution in [1.29, 1.82) is 0 Å². The molecule has 0 bridgehead atoms. The number of aliphatic hydroxyl groups is 2. The van der Waals surface area contributed by atoms with Gasteiger partial charge in [-0.05, 0) is 13.3 Å². The molecule has 0 radical (unpaired) electrons. The zero-order chi connectivity index (χ0) is 19.6. The number of ether oxygens (including phenoxy) is 4. The van der Waals surface area contributed by atoms with Crippen molar-refractivity contribution in [2.45, 2.75) is 65.2 Å². The maximum absolute atomic E-state index is 8.50. The molecule has 0 saturated carbocycles. The fourth-order valence-electron chi connectivity index (χ4n) is 2.15. The zero-order valence-corrected chi connectivity index (χ0v) is 17.3. The van der Waals surface area contributed by atoms with E-state index in [-0.39, 0.29) is 13.2 Å². The van der Waals surface area contributed by atoms with Gasteiger partial charge in [-0.1, -0.05) is 51.9 Å². The van der Waals surface area contributed by atoms with Gasteiger partial charge in [0, 0.05) is 13.2 Å². The number of aliphatic hydroxyl groups excluding tert-OH is 2. The maximum Gasteiger partial charge on any atom is 0.0701 e. The second-order valence-corrected chi connectivity index (χ2v) is 5.96. The molecule has 0 aliphatic heterocycles. The van der Waals surface area contributed by atoms with E-state index in [1.54, 1.807) is 0 Å². The lowest BCUT2D eigenvalue weighted by Crippen LogP contribution is -2.11. The van der Waals surface area contributed by atoms with Crippen molar-refractivity contribution in [3.63, 3.8) is 0 Å². The highest BCUT2D eigenvalue weighted by molar-refractivity contribution is 4.45. The van der Waals surface area contributed by atoms with Crippen molar-refractivity contribution in [2.24, 2.45) is 0 Å². The Morgan fingerprint density at radius 1 is 0.462 bits per heavy atom. The van der Waals surface area contributed by atoms with Gasteiger partial charge in [0.1, 0.15) is 0 Å². The minimum Gasteiger partial charge on any atom is -0.394 e. The number of hydrogen-bond donors (Lipinski definition) is 2. The van der Waals surface area contributed by atoms with Crippen LogP contribution in [0.1, 0.15) is 65.2 Å². The first kappa shape index (κ1) is 28.0. The fraction of sp³-hybridized carbons (Fsp3) is 1.00. The van der Waals surface area contributed by atoms with Crippen LogP contribution in [0.5, 0.6) is 0 Å². The van der Waals surface area contributed by atoms with Crippen molar-refractivity contribution >= 4 is 0 Å². The molecule has 0 aromatic carbocycles. The SMILES string of the molecule is CCCCCCCCCCOCCOCCOCCO.CCOCCO. The van der Waals surface area contributed by atoms with Crippen LogP contribution in [-0.4, -0.2) is 76.3 Å². The van der Waals surface area contributed by atoms with Crippen molar-refractivity contribution in [2.75, 3.05) is 66.1 Å². The van der Waals surface area contributed by atoms with Gasteiger partial charge in [-0.15, -0.1) is 0 Å². The Labute approximate surface area is 161 Å². The molecule has 0 aliphatic carbocycles. The van der Waals surface area contributed by atoms with Crippen LogP contribution < -0.4 is 0 Å². The van der Waals surface area contributed by atoms with Gasteiger partial charge in [0.2, 0.25) is 0 Å². The highest BCUT2D eigenvalue weighted by Gasteiger charge is 1.93. The van der Waals surface area contributed by atoms with Crippen molar-refractivity contribution < 1.29 is 29.2 Å². The molecule has 0 heterocycles. The molecule has 0 saturated heterocycles. The van der Waals surface area contributed by atoms with E-state index in [9.17, 15) is 0 Å². The van der Waals surface area contributed by atoms with E-state index in [1.165, 1.54) is 44.9 Å². The minimum atomic E-state index is 0.0711. The van der Waals surface area contributed by atoms with Gasteiger partial charge in [-0.3, -0.25) is 0 Å². The molecule has 0 spiro atoms. The number of unbranched alkanes of at least 4 members (excludes halogenated alkanes) is 7.